The van der Waals surface area contributed by atoms with E-state index in [2.05, 4.69) is 5.92 Å². The summed E-state index contributed by atoms with van der Waals surface area (Å²) < 4.78 is 5.30. The molecule has 0 radical (unpaired) electrons. The lowest BCUT2D eigenvalue weighted by Crippen LogP contribution is -1.95. The van der Waals surface area contributed by atoms with E-state index in [9.17, 15) is 0 Å². The van der Waals surface area contributed by atoms with E-state index in [0.29, 0.717) is 24.3 Å². The molecular formula is C11H9NO. The predicted molar refractivity (Wildman–Crippen MR) is 50.1 cm³/mol. The molecule has 1 rings (SSSR count). The Balaban J connectivity index is 2.59. The number of ether oxygens (including phenoxy) is 1. The van der Waals surface area contributed by atoms with E-state index in [4.69, 9.17) is 16.4 Å². The molecule has 2 heteroatoms. The Labute approximate surface area is 77.8 Å². The molecule has 0 aliphatic carbocycles. The maximum Gasteiger partial charge on any atom is 0.120 e. The van der Waals surface area contributed by atoms with Crippen molar-refractivity contribution in [2.75, 3.05) is 6.61 Å². The van der Waals surface area contributed by atoms with Crippen LogP contribution in [0, 0.1) is 23.7 Å². The molecule has 64 valence electrons. The highest BCUT2D eigenvalue weighted by atomic mass is 16.5. The summed E-state index contributed by atoms with van der Waals surface area (Å²) in [7, 11) is 0. The van der Waals surface area contributed by atoms with Gasteiger partial charge in [-0.15, -0.1) is 12.3 Å². The standard InChI is InChI=1S/C11H9NO/c1-2-3-7-13-11-6-4-5-10(8-11)9-12/h1,4-6,8H,3,7H2. The second-order valence-corrected chi connectivity index (χ2v) is 2.44. The minimum absolute atomic E-state index is 0.491. The number of hydrogen-bond donors (Lipinski definition) is 0. The first-order valence-electron chi connectivity index (χ1n) is 3.93. The van der Waals surface area contributed by atoms with Crippen molar-refractivity contribution in [1.82, 2.24) is 0 Å². The van der Waals surface area contributed by atoms with Crippen molar-refractivity contribution in [3.63, 3.8) is 0 Å². The van der Waals surface area contributed by atoms with E-state index >= 15 is 0 Å². The van der Waals surface area contributed by atoms with Crippen LogP contribution in [0.5, 0.6) is 5.75 Å². The van der Waals surface area contributed by atoms with Gasteiger partial charge in [-0.25, -0.2) is 0 Å². The molecule has 1 aromatic carbocycles. The Hall–Kier alpha value is -1.93. The van der Waals surface area contributed by atoms with Crippen molar-refractivity contribution in [1.29, 1.82) is 5.26 Å². The highest BCUT2D eigenvalue weighted by molar-refractivity contribution is 5.36. The van der Waals surface area contributed by atoms with Crippen molar-refractivity contribution >= 4 is 0 Å². The highest BCUT2D eigenvalue weighted by Gasteiger charge is 1.94. The van der Waals surface area contributed by atoms with Gasteiger partial charge in [0.15, 0.2) is 0 Å². The van der Waals surface area contributed by atoms with Crippen LogP contribution < -0.4 is 4.74 Å². The third-order valence-electron chi connectivity index (χ3n) is 1.48. The summed E-state index contributed by atoms with van der Waals surface area (Å²) in [6.07, 6.45) is 5.65. The summed E-state index contributed by atoms with van der Waals surface area (Å²) in [5.41, 5.74) is 0.596. The van der Waals surface area contributed by atoms with Crippen LogP contribution in [-0.2, 0) is 0 Å². The predicted octanol–water partition coefficient (Wildman–Crippen LogP) is 1.96. The number of nitriles is 1. The number of hydrogen-bond acceptors (Lipinski definition) is 2. The maximum atomic E-state index is 8.60. The largest absolute Gasteiger partial charge is 0.493 e. The van der Waals surface area contributed by atoms with Gasteiger partial charge in [-0.3, -0.25) is 0 Å². The Morgan fingerprint density at radius 1 is 1.46 bits per heavy atom. The van der Waals surface area contributed by atoms with E-state index < -0.39 is 0 Å². The van der Waals surface area contributed by atoms with Gasteiger partial charge in [-0.2, -0.15) is 5.26 Å². The van der Waals surface area contributed by atoms with Crippen LogP contribution >= 0.6 is 0 Å². The summed E-state index contributed by atoms with van der Waals surface area (Å²) in [5, 5.41) is 8.60. The smallest absolute Gasteiger partial charge is 0.120 e. The van der Waals surface area contributed by atoms with Gasteiger partial charge in [0, 0.05) is 6.42 Å². The first-order valence-corrected chi connectivity index (χ1v) is 3.93. The van der Waals surface area contributed by atoms with Crippen LogP contribution in [0.1, 0.15) is 12.0 Å². The lowest BCUT2D eigenvalue weighted by molar-refractivity contribution is 0.327. The maximum absolute atomic E-state index is 8.60. The number of terminal acetylenes is 1. The molecule has 0 N–H and O–H groups in total. The van der Waals surface area contributed by atoms with Gasteiger partial charge < -0.3 is 4.74 Å². The second kappa shape index (κ2) is 4.85. The SMILES string of the molecule is C#CCCOc1cccc(C#N)c1. The molecule has 0 aliphatic rings. The highest BCUT2D eigenvalue weighted by Crippen LogP contribution is 2.12. The van der Waals surface area contributed by atoms with Crippen LogP contribution in [0.4, 0.5) is 0 Å². The van der Waals surface area contributed by atoms with Gasteiger partial charge in [-0.1, -0.05) is 6.07 Å². The minimum Gasteiger partial charge on any atom is -0.493 e. The van der Waals surface area contributed by atoms with E-state index in [1.807, 2.05) is 6.07 Å². The molecule has 0 saturated heterocycles. The molecule has 0 heterocycles. The van der Waals surface area contributed by atoms with Crippen LogP contribution in [0.25, 0.3) is 0 Å². The van der Waals surface area contributed by atoms with E-state index in [1.165, 1.54) is 0 Å². The molecule has 13 heavy (non-hydrogen) atoms. The molecule has 0 saturated carbocycles. The van der Waals surface area contributed by atoms with Crippen molar-refractivity contribution < 1.29 is 4.74 Å². The zero-order valence-electron chi connectivity index (χ0n) is 7.16. The molecule has 0 aliphatic heterocycles. The lowest BCUT2D eigenvalue weighted by atomic mass is 10.2. The van der Waals surface area contributed by atoms with Gasteiger partial charge in [0.2, 0.25) is 0 Å². The van der Waals surface area contributed by atoms with Gasteiger partial charge >= 0.3 is 0 Å². The normalized spacial score (nSPS) is 8.46. The third-order valence-corrected chi connectivity index (χ3v) is 1.48. The Morgan fingerprint density at radius 3 is 3.00 bits per heavy atom. The molecule has 0 bridgehead atoms. The van der Waals surface area contributed by atoms with E-state index in [-0.39, 0.29) is 0 Å². The van der Waals surface area contributed by atoms with Crippen LogP contribution in [0.3, 0.4) is 0 Å². The van der Waals surface area contributed by atoms with Crippen molar-refractivity contribution in [3.05, 3.63) is 29.8 Å². The fourth-order valence-corrected chi connectivity index (χ4v) is 0.883. The van der Waals surface area contributed by atoms with Gasteiger partial charge in [0.05, 0.1) is 18.2 Å². The Morgan fingerprint density at radius 2 is 2.31 bits per heavy atom. The second-order valence-electron chi connectivity index (χ2n) is 2.44. The number of benzene rings is 1. The average Bonchev–Trinajstić information content (AvgIpc) is 2.19. The zero-order chi connectivity index (χ0) is 9.52. The molecule has 2 nitrogen and oxygen atoms in total. The fourth-order valence-electron chi connectivity index (χ4n) is 0.883. The van der Waals surface area contributed by atoms with Crippen LogP contribution in [0.2, 0.25) is 0 Å². The van der Waals surface area contributed by atoms with Crippen LogP contribution in [0.15, 0.2) is 24.3 Å². The molecule has 0 spiro atoms. The summed E-state index contributed by atoms with van der Waals surface area (Å²) in [6, 6.07) is 9.04. The van der Waals surface area contributed by atoms with Crippen LogP contribution in [-0.4, -0.2) is 6.61 Å². The molecule has 0 unspecified atom stereocenters. The monoisotopic (exact) mass is 171 g/mol. The Bertz CT molecular complexity index is 357. The van der Waals surface area contributed by atoms with Crippen molar-refractivity contribution in [2.45, 2.75) is 6.42 Å². The Kier molecular flexibility index (Phi) is 3.42. The van der Waals surface area contributed by atoms with Gasteiger partial charge in [-0.05, 0) is 18.2 Å². The molecule has 0 atom stereocenters. The van der Waals surface area contributed by atoms with Crippen molar-refractivity contribution in [3.8, 4) is 24.2 Å². The summed E-state index contributed by atoms with van der Waals surface area (Å²) in [6.45, 7) is 0.491. The first kappa shape index (κ1) is 9.16. The quantitative estimate of drug-likeness (QED) is 0.514. The molecule has 0 fully saturated rings. The number of rotatable bonds is 3. The summed E-state index contributed by atoms with van der Waals surface area (Å²) >= 11 is 0. The van der Waals surface area contributed by atoms with Gasteiger partial charge in [0.1, 0.15) is 5.75 Å². The van der Waals surface area contributed by atoms with Crippen molar-refractivity contribution in [2.24, 2.45) is 0 Å². The molecule has 1 aromatic rings. The molecule has 0 amide bonds. The summed E-state index contributed by atoms with van der Waals surface area (Å²) in [4.78, 5) is 0. The first-order chi connectivity index (χ1) is 6.36. The third kappa shape index (κ3) is 2.89. The summed E-state index contributed by atoms with van der Waals surface area (Å²) in [5.74, 6) is 3.17. The lowest BCUT2D eigenvalue weighted by Gasteiger charge is -2.02. The molecule has 0 aromatic heterocycles. The van der Waals surface area contributed by atoms with Gasteiger partial charge in [0.25, 0.3) is 0 Å². The fraction of sp³-hybridized carbons (Fsp3) is 0.182. The minimum atomic E-state index is 0.491. The zero-order valence-corrected chi connectivity index (χ0v) is 7.16. The average molecular weight is 171 g/mol. The van der Waals surface area contributed by atoms with E-state index in [1.54, 1.807) is 24.3 Å². The van der Waals surface area contributed by atoms with E-state index in [0.717, 1.165) is 0 Å². The number of nitrogens with zero attached hydrogens (tertiary/aromatic N) is 1. The molecular weight excluding hydrogens is 162 g/mol. The topological polar surface area (TPSA) is 33.0 Å².